The number of rotatable bonds is 5. The second-order valence-electron chi connectivity index (χ2n) is 7.34. The molecule has 6 nitrogen and oxygen atoms in total. The summed E-state index contributed by atoms with van der Waals surface area (Å²) in [4.78, 5) is 12.4. The summed E-state index contributed by atoms with van der Waals surface area (Å²) >= 11 is 36.2. The van der Waals surface area contributed by atoms with E-state index in [2.05, 4.69) is 6.07 Å². The predicted molar refractivity (Wildman–Crippen MR) is 140 cm³/mol. The Hall–Kier alpha value is -2.50. The van der Waals surface area contributed by atoms with Crippen molar-refractivity contribution < 1.29 is 19.0 Å². The fraction of sp³-hybridized carbons (Fsp3) is 0.0833. The number of allylic oxidation sites excluding steroid dienone is 1. The van der Waals surface area contributed by atoms with Crippen molar-refractivity contribution in [2.24, 2.45) is 5.73 Å². The van der Waals surface area contributed by atoms with Gasteiger partial charge in [-0.3, -0.25) is 0 Å². The summed E-state index contributed by atoms with van der Waals surface area (Å²) in [5, 5.41) is 9.84. The van der Waals surface area contributed by atoms with Gasteiger partial charge in [-0.2, -0.15) is 5.26 Å². The van der Waals surface area contributed by atoms with Crippen molar-refractivity contribution in [1.82, 2.24) is 0 Å². The van der Waals surface area contributed by atoms with Crippen LogP contribution in [0.25, 0.3) is 0 Å². The van der Waals surface area contributed by atoms with Crippen molar-refractivity contribution in [3.8, 4) is 23.3 Å². The summed E-state index contributed by atoms with van der Waals surface area (Å²) in [6.45, 7) is -0.570. The van der Waals surface area contributed by atoms with Crippen LogP contribution in [0.1, 0.15) is 17.0 Å². The summed E-state index contributed by atoms with van der Waals surface area (Å²) in [6.07, 6.45) is 0. The molecule has 0 amide bonds. The predicted octanol–water partition coefficient (Wildman–Crippen LogP) is 7.81. The molecule has 1 unspecified atom stereocenters. The maximum Gasteiger partial charge on any atom is 0.349 e. The number of hydrogen-bond donors (Lipinski definition) is 1. The minimum Gasteiger partial charge on any atom is -0.479 e. The van der Waals surface area contributed by atoms with E-state index >= 15 is 0 Å². The summed E-state index contributed by atoms with van der Waals surface area (Å²) < 4.78 is 16.4. The Bertz CT molecular complexity index is 1420. The Morgan fingerprint density at radius 3 is 2.17 bits per heavy atom. The second-order valence-corrected chi connectivity index (χ2v) is 9.66. The quantitative estimate of drug-likeness (QED) is 0.138. The van der Waals surface area contributed by atoms with Crippen molar-refractivity contribution in [3.05, 3.63) is 95.2 Å². The van der Waals surface area contributed by atoms with Crippen LogP contribution in [0.4, 0.5) is 0 Å². The molecular weight excluding hydrogens is 593 g/mol. The molecule has 0 saturated heterocycles. The number of benzene rings is 3. The molecule has 0 radical (unpaired) electrons. The highest BCUT2D eigenvalue weighted by Crippen LogP contribution is 2.48. The van der Waals surface area contributed by atoms with Gasteiger partial charge in [0.15, 0.2) is 12.4 Å². The van der Waals surface area contributed by atoms with Gasteiger partial charge in [0.05, 0.1) is 21.0 Å². The minimum atomic E-state index is -0.782. The molecule has 1 aliphatic rings. The van der Waals surface area contributed by atoms with Crippen molar-refractivity contribution in [2.75, 3.05) is 6.61 Å². The maximum absolute atomic E-state index is 12.4. The van der Waals surface area contributed by atoms with Gasteiger partial charge in [-0.15, -0.1) is 0 Å². The Morgan fingerprint density at radius 1 is 0.944 bits per heavy atom. The Labute approximate surface area is 235 Å². The third-order valence-corrected chi connectivity index (χ3v) is 7.62. The maximum atomic E-state index is 12.4. The van der Waals surface area contributed by atoms with Gasteiger partial charge >= 0.3 is 5.97 Å². The fourth-order valence-electron chi connectivity index (χ4n) is 3.50. The van der Waals surface area contributed by atoms with Gasteiger partial charge in [0, 0.05) is 16.7 Å². The molecule has 0 saturated carbocycles. The molecule has 4 rings (SSSR count). The van der Waals surface area contributed by atoms with E-state index in [1.165, 1.54) is 6.07 Å². The van der Waals surface area contributed by atoms with Crippen molar-refractivity contribution in [1.29, 1.82) is 5.26 Å². The lowest BCUT2D eigenvalue weighted by atomic mass is 9.83. The summed E-state index contributed by atoms with van der Waals surface area (Å²) in [6, 6.07) is 13.8. The monoisotopic (exact) mass is 602 g/mol. The van der Waals surface area contributed by atoms with Crippen LogP contribution in [0.3, 0.4) is 0 Å². The first kappa shape index (κ1) is 26.6. The van der Waals surface area contributed by atoms with Gasteiger partial charge in [0.2, 0.25) is 5.88 Å². The van der Waals surface area contributed by atoms with Crippen LogP contribution in [-0.4, -0.2) is 12.6 Å². The zero-order valence-electron chi connectivity index (χ0n) is 17.8. The number of halogens is 6. The zero-order valence-corrected chi connectivity index (χ0v) is 22.3. The van der Waals surface area contributed by atoms with Gasteiger partial charge in [0.25, 0.3) is 0 Å². The molecule has 0 spiro atoms. The summed E-state index contributed by atoms with van der Waals surface area (Å²) in [5.41, 5.74) is 7.70. The van der Waals surface area contributed by atoms with Gasteiger partial charge in [-0.1, -0.05) is 87.8 Å². The highest BCUT2D eigenvalue weighted by molar-refractivity contribution is 6.55. The van der Waals surface area contributed by atoms with Crippen molar-refractivity contribution in [3.63, 3.8) is 0 Å². The molecule has 0 aromatic heterocycles. The molecular formula is C24H12Cl6N2O4. The molecule has 36 heavy (non-hydrogen) atoms. The van der Waals surface area contributed by atoms with E-state index in [9.17, 15) is 10.1 Å². The van der Waals surface area contributed by atoms with Gasteiger partial charge < -0.3 is 19.9 Å². The lowest BCUT2D eigenvalue weighted by molar-refractivity contribution is -0.136. The van der Waals surface area contributed by atoms with E-state index in [0.717, 1.165) is 5.56 Å². The van der Waals surface area contributed by atoms with E-state index in [-0.39, 0.29) is 48.1 Å². The van der Waals surface area contributed by atoms with Crippen LogP contribution < -0.4 is 19.9 Å². The van der Waals surface area contributed by atoms with E-state index < -0.39 is 18.5 Å². The van der Waals surface area contributed by atoms with Gasteiger partial charge in [0.1, 0.15) is 33.2 Å². The standard InChI is InChI=1S/C24H12Cl6N2O4/c25-11-3-1-10(2-4-11)17-13-6-5-12(7-15(13)36-24(32)14(17)8-31)35-16(33)9-34-23-21(29)19(27)18(26)20(28)22(23)30/h1-7,17H,9,32H2. The lowest BCUT2D eigenvalue weighted by Crippen LogP contribution is -2.21. The number of carbonyl (C=O) groups is 1. The van der Waals surface area contributed by atoms with Crippen molar-refractivity contribution in [2.45, 2.75) is 5.92 Å². The number of nitrogens with zero attached hydrogens (tertiary/aromatic N) is 1. The fourth-order valence-corrected chi connectivity index (χ4v) is 4.86. The first-order valence-corrected chi connectivity index (χ1v) is 12.2. The molecule has 1 heterocycles. The highest BCUT2D eigenvalue weighted by Gasteiger charge is 2.31. The smallest absolute Gasteiger partial charge is 0.349 e. The molecule has 3 aromatic carbocycles. The topological polar surface area (TPSA) is 94.6 Å². The number of ether oxygens (including phenoxy) is 3. The van der Waals surface area contributed by atoms with Gasteiger partial charge in [-0.05, 0) is 23.8 Å². The molecule has 184 valence electrons. The highest BCUT2D eigenvalue weighted by atomic mass is 35.5. The number of esters is 1. The average molecular weight is 605 g/mol. The third kappa shape index (κ3) is 5.14. The van der Waals surface area contributed by atoms with E-state index in [4.69, 9.17) is 89.5 Å². The first-order valence-electron chi connectivity index (χ1n) is 9.94. The number of nitrogens with two attached hydrogens (primary N) is 1. The number of nitriles is 1. The van der Waals surface area contributed by atoms with Crippen LogP contribution >= 0.6 is 69.6 Å². The van der Waals surface area contributed by atoms with Crippen LogP contribution in [0.15, 0.2) is 53.9 Å². The number of carbonyl (C=O) groups excluding carboxylic acids is 1. The normalized spacial score (nSPS) is 14.5. The Morgan fingerprint density at radius 2 is 1.56 bits per heavy atom. The first-order chi connectivity index (χ1) is 17.1. The minimum absolute atomic E-state index is 0.0397. The average Bonchev–Trinajstić information content (AvgIpc) is 2.86. The zero-order chi connectivity index (χ0) is 26.1. The van der Waals surface area contributed by atoms with E-state index in [0.29, 0.717) is 16.3 Å². The lowest BCUT2D eigenvalue weighted by Gasteiger charge is -2.26. The van der Waals surface area contributed by atoms with E-state index in [1.807, 2.05) is 0 Å². The Kier molecular flexibility index (Phi) is 8.01. The molecule has 2 N–H and O–H groups in total. The molecule has 0 bridgehead atoms. The summed E-state index contributed by atoms with van der Waals surface area (Å²) in [5.74, 6) is -0.980. The second kappa shape index (κ2) is 10.9. The number of hydrogen-bond acceptors (Lipinski definition) is 6. The third-order valence-electron chi connectivity index (χ3n) is 5.13. The molecule has 1 atom stereocenters. The molecule has 0 fully saturated rings. The molecule has 3 aromatic rings. The van der Waals surface area contributed by atoms with Crippen LogP contribution in [0.5, 0.6) is 17.2 Å². The largest absolute Gasteiger partial charge is 0.479 e. The van der Waals surface area contributed by atoms with Gasteiger partial charge in [-0.25, -0.2) is 4.79 Å². The SMILES string of the molecule is N#CC1=C(N)Oc2cc(OC(=O)COc3c(Cl)c(Cl)c(Cl)c(Cl)c3Cl)ccc2C1c1ccc(Cl)cc1. The molecule has 1 aliphatic heterocycles. The van der Waals surface area contributed by atoms with E-state index in [1.54, 1.807) is 36.4 Å². The van der Waals surface area contributed by atoms with Crippen LogP contribution in [0, 0.1) is 11.3 Å². The summed E-state index contributed by atoms with van der Waals surface area (Å²) in [7, 11) is 0. The van der Waals surface area contributed by atoms with Crippen molar-refractivity contribution >= 4 is 75.6 Å². The van der Waals surface area contributed by atoms with Crippen LogP contribution in [0.2, 0.25) is 30.1 Å². The Balaban J connectivity index is 1.55. The molecule has 0 aliphatic carbocycles. The molecule has 12 heteroatoms. The van der Waals surface area contributed by atoms with Crippen LogP contribution in [-0.2, 0) is 4.79 Å². The number of fused-ring (bicyclic) bond motifs is 1.